The lowest BCUT2D eigenvalue weighted by Crippen LogP contribution is -2.41. The molecule has 90 valence electrons. The molecular formula is C13H21NO2. The molecule has 0 saturated carbocycles. The molecule has 1 atom stereocenters. The van der Waals surface area contributed by atoms with Gasteiger partial charge in [-0.25, -0.2) is 0 Å². The summed E-state index contributed by atoms with van der Waals surface area (Å²) in [6.45, 7) is 4.40. The number of aliphatic hydroxyl groups excluding tert-OH is 1. The van der Waals surface area contributed by atoms with Crippen molar-refractivity contribution in [2.24, 2.45) is 0 Å². The fourth-order valence-electron chi connectivity index (χ4n) is 3.57. The summed E-state index contributed by atoms with van der Waals surface area (Å²) in [7, 11) is 0. The summed E-state index contributed by atoms with van der Waals surface area (Å²) in [5, 5.41) is 9.65. The van der Waals surface area contributed by atoms with Crippen LogP contribution in [0.15, 0.2) is 11.1 Å². The van der Waals surface area contributed by atoms with Crippen molar-refractivity contribution in [3.8, 4) is 0 Å². The Morgan fingerprint density at radius 1 is 1.25 bits per heavy atom. The van der Waals surface area contributed by atoms with Crippen molar-refractivity contribution in [2.45, 2.75) is 37.6 Å². The summed E-state index contributed by atoms with van der Waals surface area (Å²) in [6, 6.07) is 0. The smallest absolute Gasteiger partial charge is 0.0618 e. The van der Waals surface area contributed by atoms with Gasteiger partial charge in [-0.1, -0.05) is 11.1 Å². The maximum absolute atomic E-state index is 9.65. The van der Waals surface area contributed by atoms with Crippen LogP contribution in [0.25, 0.3) is 0 Å². The first-order chi connectivity index (χ1) is 7.84. The summed E-state index contributed by atoms with van der Waals surface area (Å²) in [5.41, 5.74) is 3.34. The molecule has 0 aromatic rings. The Hall–Kier alpha value is -0.380. The number of fused-ring (bicyclic) bond motifs is 1. The van der Waals surface area contributed by atoms with E-state index >= 15 is 0 Å². The molecule has 0 aromatic heterocycles. The molecule has 0 amide bonds. The molecule has 3 fully saturated rings. The normalized spacial score (nSPS) is 35.8. The van der Waals surface area contributed by atoms with E-state index in [9.17, 15) is 5.11 Å². The van der Waals surface area contributed by atoms with E-state index < -0.39 is 0 Å². The highest BCUT2D eigenvalue weighted by Crippen LogP contribution is 2.42. The highest BCUT2D eigenvalue weighted by Gasteiger charge is 2.46. The van der Waals surface area contributed by atoms with Crippen LogP contribution in [0.4, 0.5) is 0 Å². The van der Waals surface area contributed by atoms with Crippen LogP contribution in [0, 0.1) is 0 Å². The number of ether oxygens (including phenoxy) is 1. The standard InChI is InChI=1S/C13H21NO2/c15-10-13-4-1-5-14(13)9-12(8-13)11-2-6-16-7-3-11/h15H,1-10H2/t13-/m0/s1. The van der Waals surface area contributed by atoms with Crippen molar-refractivity contribution in [1.82, 2.24) is 4.90 Å². The Balaban J connectivity index is 1.81. The van der Waals surface area contributed by atoms with Gasteiger partial charge in [0.2, 0.25) is 0 Å². The summed E-state index contributed by atoms with van der Waals surface area (Å²) < 4.78 is 5.41. The minimum absolute atomic E-state index is 0.112. The zero-order valence-corrected chi connectivity index (χ0v) is 9.87. The van der Waals surface area contributed by atoms with E-state index in [1.807, 2.05) is 0 Å². The monoisotopic (exact) mass is 223 g/mol. The first-order valence-corrected chi connectivity index (χ1v) is 6.47. The van der Waals surface area contributed by atoms with E-state index in [0.29, 0.717) is 6.61 Å². The molecule has 3 aliphatic heterocycles. The highest BCUT2D eigenvalue weighted by atomic mass is 16.5. The van der Waals surface area contributed by atoms with Crippen molar-refractivity contribution < 1.29 is 9.84 Å². The number of hydrogen-bond donors (Lipinski definition) is 1. The molecule has 3 aliphatic rings. The zero-order chi connectivity index (χ0) is 11.0. The van der Waals surface area contributed by atoms with Crippen LogP contribution in [0.5, 0.6) is 0 Å². The largest absolute Gasteiger partial charge is 0.394 e. The third kappa shape index (κ3) is 1.62. The summed E-state index contributed by atoms with van der Waals surface area (Å²) in [6.07, 6.45) is 5.78. The first-order valence-electron chi connectivity index (χ1n) is 6.47. The van der Waals surface area contributed by atoms with Gasteiger partial charge in [-0.2, -0.15) is 0 Å². The van der Waals surface area contributed by atoms with Gasteiger partial charge in [-0.15, -0.1) is 0 Å². The third-order valence-electron chi connectivity index (χ3n) is 4.56. The molecule has 0 aliphatic carbocycles. The van der Waals surface area contributed by atoms with Crippen molar-refractivity contribution in [2.75, 3.05) is 32.9 Å². The van der Waals surface area contributed by atoms with Crippen molar-refractivity contribution in [3.05, 3.63) is 11.1 Å². The second-order valence-electron chi connectivity index (χ2n) is 5.40. The SMILES string of the molecule is OC[C@@]12CCCN1CC(=C1CCOCC1)C2. The van der Waals surface area contributed by atoms with E-state index in [0.717, 1.165) is 39.0 Å². The molecule has 1 N–H and O–H groups in total. The van der Waals surface area contributed by atoms with Crippen molar-refractivity contribution in [3.63, 3.8) is 0 Å². The number of rotatable bonds is 1. The van der Waals surface area contributed by atoms with E-state index in [4.69, 9.17) is 4.74 Å². The van der Waals surface area contributed by atoms with Crippen molar-refractivity contribution in [1.29, 1.82) is 0 Å². The lowest BCUT2D eigenvalue weighted by Gasteiger charge is -2.28. The fraction of sp³-hybridized carbons (Fsp3) is 0.846. The Morgan fingerprint density at radius 2 is 2.06 bits per heavy atom. The molecular weight excluding hydrogens is 202 g/mol. The van der Waals surface area contributed by atoms with Crippen LogP contribution in [0.3, 0.4) is 0 Å². The highest BCUT2D eigenvalue weighted by molar-refractivity contribution is 5.26. The van der Waals surface area contributed by atoms with Gasteiger partial charge < -0.3 is 9.84 Å². The summed E-state index contributed by atoms with van der Waals surface area (Å²) in [4.78, 5) is 2.50. The molecule has 3 heteroatoms. The van der Waals surface area contributed by atoms with Crippen LogP contribution in [0.2, 0.25) is 0 Å². The Labute approximate surface area is 97.1 Å². The molecule has 3 heterocycles. The molecule has 0 radical (unpaired) electrons. The van der Waals surface area contributed by atoms with Gasteiger partial charge in [-0.3, -0.25) is 4.90 Å². The lowest BCUT2D eigenvalue weighted by molar-refractivity contribution is 0.0999. The van der Waals surface area contributed by atoms with E-state index in [-0.39, 0.29) is 5.54 Å². The van der Waals surface area contributed by atoms with Crippen LogP contribution >= 0.6 is 0 Å². The number of aliphatic hydroxyl groups is 1. The second-order valence-corrected chi connectivity index (χ2v) is 5.40. The second kappa shape index (κ2) is 4.13. The lowest BCUT2D eigenvalue weighted by atomic mass is 9.90. The molecule has 0 aromatic carbocycles. The molecule has 3 nitrogen and oxygen atoms in total. The molecule has 3 saturated heterocycles. The molecule has 0 unspecified atom stereocenters. The van der Waals surface area contributed by atoms with Gasteiger partial charge in [0.15, 0.2) is 0 Å². The average molecular weight is 223 g/mol. The minimum Gasteiger partial charge on any atom is -0.394 e. The summed E-state index contributed by atoms with van der Waals surface area (Å²) in [5.74, 6) is 0. The Kier molecular flexibility index (Phi) is 2.78. The maximum Gasteiger partial charge on any atom is 0.0618 e. The van der Waals surface area contributed by atoms with Gasteiger partial charge in [0.05, 0.1) is 19.8 Å². The molecule has 3 rings (SSSR count). The predicted molar refractivity (Wildman–Crippen MR) is 62.3 cm³/mol. The van der Waals surface area contributed by atoms with Gasteiger partial charge >= 0.3 is 0 Å². The van der Waals surface area contributed by atoms with E-state index in [1.165, 1.54) is 19.4 Å². The third-order valence-corrected chi connectivity index (χ3v) is 4.56. The first kappa shape index (κ1) is 10.8. The maximum atomic E-state index is 9.65. The van der Waals surface area contributed by atoms with E-state index in [2.05, 4.69) is 4.90 Å². The predicted octanol–water partition coefficient (Wildman–Crippen LogP) is 1.32. The average Bonchev–Trinajstić information content (AvgIpc) is 2.86. The zero-order valence-electron chi connectivity index (χ0n) is 9.87. The number of hydrogen-bond acceptors (Lipinski definition) is 3. The van der Waals surface area contributed by atoms with Gasteiger partial charge in [-0.05, 0) is 38.6 Å². The van der Waals surface area contributed by atoms with Gasteiger partial charge in [0, 0.05) is 12.1 Å². The van der Waals surface area contributed by atoms with Crippen LogP contribution in [-0.4, -0.2) is 48.5 Å². The van der Waals surface area contributed by atoms with Crippen LogP contribution in [0.1, 0.15) is 32.1 Å². The number of nitrogens with zero attached hydrogens (tertiary/aromatic N) is 1. The molecule has 0 bridgehead atoms. The van der Waals surface area contributed by atoms with Crippen molar-refractivity contribution >= 4 is 0 Å². The molecule has 0 spiro atoms. The summed E-state index contributed by atoms with van der Waals surface area (Å²) >= 11 is 0. The quantitative estimate of drug-likeness (QED) is 0.681. The van der Waals surface area contributed by atoms with Crippen LogP contribution in [-0.2, 0) is 4.74 Å². The Bertz CT molecular complexity index is 305. The fourth-order valence-corrected chi connectivity index (χ4v) is 3.57. The van der Waals surface area contributed by atoms with Gasteiger partial charge in [0.25, 0.3) is 0 Å². The molecule has 16 heavy (non-hydrogen) atoms. The van der Waals surface area contributed by atoms with Gasteiger partial charge in [0.1, 0.15) is 0 Å². The van der Waals surface area contributed by atoms with Crippen LogP contribution < -0.4 is 0 Å². The van der Waals surface area contributed by atoms with E-state index in [1.54, 1.807) is 11.1 Å². The topological polar surface area (TPSA) is 32.7 Å². The Morgan fingerprint density at radius 3 is 2.75 bits per heavy atom. The minimum atomic E-state index is 0.112.